The summed E-state index contributed by atoms with van der Waals surface area (Å²) in [6, 6.07) is 3.38. The summed E-state index contributed by atoms with van der Waals surface area (Å²) in [5.74, 6) is 3.99. The molecule has 0 radical (unpaired) electrons. The molecule has 98 valence electrons. The lowest BCUT2D eigenvalue weighted by molar-refractivity contribution is 0.111. The quantitative estimate of drug-likeness (QED) is 0.562. The summed E-state index contributed by atoms with van der Waals surface area (Å²) in [5.41, 5.74) is 0.502. The molecule has 2 rings (SSSR count). The van der Waals surface area contributed by atoms with Gasteiger partial charge in [-0.25, -0.2) is 0 Å². The van der Waals surface area contributed by atoms with Gasteiger partial charge in [-0.15, -0.1) is 0 Å². The standard InChI is InChI=1S/C13H16O4S/c1-2-18-5-3-4-15-11-7-13-12(16-9-17-13)6-10(11)8-14/h6-8H,2-5,9H2,1H3. The molecule has 0 aliphatic carbocycles. The topological polar surface area (TPSA) is 44.8 Å². The van der Waals surface area contributed by atoms with Crippen LogP contribution in [-0.2, 0) is 0 Å². The molecular formula is C13H16O4S. The predicted molar refractivity (Wildman–Crippen MR) is 71.1 cm³/mol. The van der Waals surface area contributed by atoms with Crippen molar-refractivity contribution in [2.45, 2.75) is 13.3 Å². The van der Waals surface area contributed by atoms with Gasteiger partial charge in [0.1, 0.15) is 5.75 Å². The van der Waals surface area contributed by atoms with Gasteiger partial charge in [0.15, 0.2) is 17.8 Å². The van der Waals surface area contributed by atoms with Crippen LogP contribution in [0.15, 0.2) is 12.1 Å². The molecule has 1 aliphatic heterocycles. The van der Waals surface area contributed by atoms with Gasteiger partial charge in [0.05, 0.1) is 12.2 Å². The maximum Gasteiger partial charge on any atom is 0.231 e. The number of benzene rings is 1. The second-order valence-electron chi connectivity index (χ2n) is 3.76. The highest BCUT2D eigenvalue weighted by Crippen LogP contribution is 2.37. The van der Waals surface area contributed by atoms with Crippen LogP contribution in [-0.4, -0.2) is 31.2 Å². The fourth-order valence-electron chi connectivity index (χ4n) is 1.64. The minimum atomic E-state index is 0.199. The van der Waals surface area contributed by atoms with E-state index in [1.807, 2.05) is 11.8 Å². The average molecular weight is 268 g/mol. The van der Waals surface area contributed by atoms with Crippen LogP contribution in [0.5, 0.6) is 17.2 Å². The lowest BCUT2D eigenvalue weighted by atomic mass is 10.2. The highest BCUT2D eigenvalue weighted by molar-refractivity contribution is 7.99. The van der Waals surface area contributed by atoms with E-state index in [9.17, 15) is 4.79 Å². The van der Waals surface area contributed by atoms with E-state index in [0.717, 1.165) is 24.2 Å². The number of thioether (sulfide) groups is 1. The first-order valence-electron chi connectivity index (χ1n) is 5.94. The van der Waals surface area contributed by atoms with Gasteiger partial charge in [-0.05, 0) is 24.0 Å². The summed E-state index contributed by atoms with van der Waals surface area (Å²) in [6.07, 6.45) is 1.74. The Morgan fingerprint density at radius 3 is 2.89 bits per heavy atom. The maximum absolute atomic E-state index is 11.0. The van der Waals surface area contributed by atoms with E-state index in [0.29, 0.717) is 29.4 Å². The van der Waals surface area contributed by atoms with Crippen LogP contribution in [0.4, 0.5) is 0 Å². The van der Waals surface area contributed by atoms with E-state index in [1.54, 1.807) is 12.1 Å². The summed E-state index contributed by atoms with van der Waals surface area (Å²) in [6.45, 7) is 2.94. The van der Waals surface area contributed by atoms with Gasteiger partial charge in [-0.1, -0.05) is 6.92 Å². The van der Waals surface area contributed by atoms with E-state index in [4.69, 9.17) is 14.2 Å². The summed E-state index contributed by atoms with van der Waals surface area (Å²) < 4.78 is 16.1. The number of carbonyl (C=O) groups excluding carboxylic acids is 1. The molecule has 0 fully saturated rings. The van der Waals surface area contributed by atoms with Gasteiger partial charge in [0.25, 0.3) is 0 Å². The van der Waals surface area contributed by atoms with Crippen LogP contribution >= 0.6 is 11.8 Å². The molecule has 0 N–H and O–H groups in total. The van der Waals surface area contributed by atoms with Gasteiger partial charge in [-0.3, -0.25) is 4.79 Å². The molecule has 4 nitrogen and oxygen atoms in total. The zero-order valence-corrected chi connectivity index (χ0v) is 11.1. The molecule has 0 saturated heterocycles. The predicted octanol–water partition coefficient (Wildman–Crippen LogP) is 2.75. The number of carbonyl (C=O) groups is 1. The third-order valence-electron chi connectivity index (χ3n) is 2.53. The zero-order valence-electron chi connectivity index (χ0n) is 10.3. The van der Waals surface area contributed by atoms with Crippen molar-refractivity contribution in [2.24, 2.45) is 0 Å². The van der Waals surface area contributed by atoms with Gasteiger partial charge in [0, 0.05) is 6.07 Å². The van der Waals surface area contributed by atoms with Gasteiger partial charge >= 0.3 is 0 Å². The number of aldehydes is 1. The third kappa shape index (κ3) is 3.10. The first-order chi connectivity index (χ1) is 8.85. The van der Waals surface area contributed by atoms with Gasteiger partial charge < -0.3 is 14.2 Å². The number of fused-ring (bicyclic) bond motifs is 1. The minimum absolute atomic E-state index is 0.199. The molecule has 0 bridgehead atoms. The van der Waals surface area contributed by atoms with Crippen LogP contribution in [0.3, 0.4) is 0 Å². The lowest BCUT2D eigenvalue weighted by Gasteiger charge is -2.09. The number of rotatable bonds is 7. The van der Waals surface area contributed by atoms with Crippen LogP contribution in [0.2, 0.25) is 0 Å². The van der Waals surface area contributed by atoms with Crippen LogP contribution in [0.25, 0.3) is 0 Å². The Labute approximate surface area is 111 Å². The second-order valence-corrected chi connectivity index (χ2v) is 5.15. The molecule has 5 heteroatoms. The smallest absolute Gasteiger partial charge is 0.231 e. The van der Waals surface area contributed by atoms with Crippen molar-refractivity contribution in [1.82, 2.24) is 0 Å². The van der Waals surface area contributed by atoms with Gasteiger partial charge in [0.2, 0.25) is 6.79 Å². The SMILES string of the molecule is CCSCCCOc1cc2c(cc1C=O)OCO2. The normalized spacial score (nSPS) is 12.5. The Kier molecular flexibility index (Phi) is 4.75. The maximum atomic E-state index is 11.0. The Hall–Kier alpha value is -1.36. The van der Waals surface area contributed by atoms with Crippen LogP contribution in [0, 0.1) is 0 Å². The van der Waals surface area contributed by atoms with Crippen molar-refractivity contribution in [1.29, 1.82) is 0 Å². The van der Waals surface area contributed by atoms with Crippen LogP contribution < -0.4 is 14.2 Å². The molecule has 0 aromatic heterocycles. The molecule has 0 amide bonds. The molecule has 0 saturated carbocycles. The van der Waals surface area contributed by atoms with E-state index >= 15 is 0 Å². The van der Waals surface area contributed by atoms with Crippen molar-refractivity contribution in [3.8, 4) is 17.2 Å². The summed E-state index contributed by atoms with van der Waals surface area (Å²) in [5, 5.41) is 0. The average Bonchev–Trinajstić information content (AvgIpc) is 2.84. The van der Waals surface area contributed by atoms with Crippen molar-refractivity contribution in [2.75, 3.05) is 24.9 Å². The monoisotopic (exact) mass is 268 g/mol. The van der Waals surface area contributed by atoms with Crippen molar-refractivity contribution >= 4 is 18.0 Å². The Balaban J connectivity index is 1.96. The lowest BCUT2D eigenvalue weighted by Crippen LogP contribution is -2.01. The largest absolute Gasteiger partial charge is 0.493 e. The van der Waals surface area contributed by atoms with E-state index in [2.05, 4.69) is 6.92 Å². The number of hydrogen-bond acceptors (Lipinski definition) is 5. The Morgan fingerprint density at radius 2 is 2.17 bits per heavy atom. The molecule has 0 unspecified atom stereocenters. The Morgan fingerprint density at radius 1 is 1.39 bits per heavy atom. The van der Waals surface area contributed by atoms with Crippen molar-refractivity contribution in [3.63, 3.8) is 0 Å². The number of hydrogen-bond donors (Lipinski definition) is 0. The number of ether oxygens (including phenoxy) is 3. The molecule has 1 aromatic carbocycles. The molecule has 1 heterocycles. The van der Waals surface area contributed by atoms with Crippen molar-refractivity contribution in [3.05, 3.63) is 17.7 Å². The van der Waals surface area contributed by atoms with E-state index < -0.39 is 0 Å². The van der Waals surface area contributed by atoms with E-state index in [1.165, 1.54) is 0 Å². The zero-order chi connectivity index (χ0) is 12.8. The summed E-state index contributed by atoms with van der Waals surface area (Å²) in [4.78, 5) is 11.0. The first kappa shape index (κ1) is 13.1. The summed E-state index contributed by atoms with van der Waals surface area (Å²) in [7, 11) is 0. The fourth-order valence-corrected chi connectivity index (χ4v) is 2.25. The van der Waals surface area contributed by atoms with Crippen molar-refractivity contribution < 1.29 is 19.0 Å². The molecular weight excluding hydrogens is 252 g/mol. The Bertz CT molecular complexity index is 420. The van der Waals surface area contributed by atoms with Crippen LogP contribution in [0.1, 0.15) is 23.7 Å². The second kappa shape index (κ2) is 6.54. The molecule has 1 aliphatic rings. The summed E-state index contributed by atoms with van der Waals surface area (Å²) >= 11 is 1.88. The minimum Gasteiger partial charge on any atom is -0.493 e. The molecule has 1 aromatic rings. The highest BCUT2D eigenvalue weighted by atomic mass is 32.2. The molecule has 0 atom stereocenters. The molecule has 0 spiro atoms. The highest BCUT2D eigenvalue weighted by Gasteiger charge is 2.17. The molecule has 18 heavy (non-hydrogen) atoms. The van der Waals surface area contributed by atoms with E-state index in [-0.39, 0.29) is 6.79 Å². The first-order valence-corrected chi connectivity index (χ1v) is 7.10. The third-order valence-corrected chi connectivity index (χ3v) is 3.51. The van der Waals surface area contributed by atoms with Gasteiger partial charge in [-0.2, -0.15) is 11.8 Å². The fraction of sp³-hybridized carbons (Fsp3) is 0.462.